The van der Waals surface area contributed by atoms with Crippen molar-refractivity contribution in [2.24, 2.45) is 0 Å². The van der Waals surface area contributed by atoms with E-state index in [1.165, 1.54) is 17.4 Å². The van der Waals surface area contributed by atoms with Crippen LogP contribution in [-0.4, -0.2) is 35.6 Å². The Bertz CT molecular complexity index is 933. The van der Waals surface area contributed by atoms with Crippen molar-refractivity contribution in [2.45, 2.75) is 6.54 Å². The van der Waals surface area contributed by atoms with Crippen molar-refractivity contribution in [2.75, 3.05) is 20.2 Å². The van der Waals surface area contributed by atoms with E-state index >= 15 is 0 Å². The lowest BCUT2D eigenvalue weighted by Gasteiger charge is -2.19. The Labute approximate surface area is 157 Å². The number of carbonyl (C=O) groups is 1. The van der Waals surface area contributed by atoms with Crippen molar-refractivity contribution in [1.82, 2.24) is 9.47 Å². The molecule has 25 heavy (non-hydrogen) atoms. The Hall–Kier alpha value is -2.12. The van der Waals surface area contributed by atoms with Gasteiger partial charge in [-0.3, -0.25) is 9.59 Å². The van der Waals surface area contributed by atoms with Crippen molar-refractivity contribution in [3.8, 4) is 5.75 Å². The fourth-order valence-electron chi connectivity index (χ4n) is 2.39. The zero-order valence-electron chi connectivity index (χ0n) is 13.6. The molecule has 3 aromatic rings. The molecule has 0 bridgehead atoms. The van der Waals surface area contributed by atoms with Crippen LogP contribution in [0.5, 0.6) is 5.75 Å². The standard InChI is InChI=1S/C18H17BrN2O3S/c1-20(9-10-24-14-4-2-13(19)3-5-14)17(23)12-21-8-6-16(22)18-15(21)7-11-25-18/h2-8,11H,9-10,12H2,1H3. The van der Waals surface area contributed by atoms with Crippen LogP contribution in [0.25, 0.3) is 10.2 Å². The highest BCUT2D eigenvalue weighted by molar-refractivity contribution is 9.10. The molecule has 0 aliphatic heterocycles. The van der Waals surface area contributed by atoms with Crippen LogP contribution in [0.1, 0.15) is 0 Å². The lowest BCUT2D eigenvalue weighted by atomic mass is 10.3. The number of hydrogen-bond acceptors (Lipinski definition) is 4. The number of amides is 1. The van der Waals surface area contributed by atoms with Crippen molar-refractivity contribution in [3.05, 3.63) is 62.7 Å². The Morgan fingerprint density at radius 3 is 2.76 bits per heavy atom. The number of thiophene rings is 1. The van der Waals surface area contributed by atoms with E-state index in [9.17, 15) is 9.59 Å². The molecule has 7 heteroatoms. The summed E-state index contributed by atoms with van der Waals surface area (Å²) in [6.07, 6.45) is 1.67. The molecule has 5 nitrogen and oxygen atoms in total. The highest BCUT2D eigenvalue weighted by atomic mass is 79.9. The van der Waals surface area contributed by atoms with Gasteiger partial charge in [0.25, 0.3) is 0 Å². The molecule has 0 spiro atoms. The predicted octanol–water partition coefficient (Wildman–Crippen LogP) is 3.36. The number of nitrogens with zero attached hydrogens (tertiary/aromatic N) is 2. The van der Waals surface area contributed by atoms with Gasteiger partial charge < -0.3 is 14.2 Å². The first-order chi connectivity index (χ1) is 12.0. The molecule has 2 aromatic heterocycles. The molecule has 0 aliphatic rings. The minimum absolute atomic E-state index is 0.00930. The van der Waals surface area contributed by atoms with Gasteiger partial charge in [0.2, 0.25) is 5.91 Å². The summed E-state index contributed by atoms with van der Waals surface area (Å²) in [5.41, 5.74) is 0.787. The molecule has 1 aromatic carbocycles. The van der Waals surface area contributed by atoms with Crippen LogP contribution < -0.4 is 10.2 Å². The van der Waals surface area contributed by atoms with Crippen LogP contribution in [0, 0.1) is 0 Å². The largest absolute Gasteiger partial charge is 0.492 e. The average Bonchev–Trinajstić information content (AvgIpc) is 3.10. The smallest absolute Gasteiger partial charge is 0.242 e. The van der Waals surface area contributed by atoms with Gasteiger partial charge in [0.15, 0.2) is 5.43 Å². The van der Waals surface area contributed by atoms with E-state index in [2.05, 4.69) is 15.9 Å². The first kappa shape index (κ1) is 17.7. The average molecular weight is 421 g/mol. The van der Waals surface area contributed by atoms with E-state index in [1.807, 2.05) is 40.3 Å². The molecule has 0 radical (unpaired) electrons. The molecule has 0 fully saturated rings. The van der Waals surface area contributed by atoms with Crippen molar-refractivity contribution < 1.29 is 9.53 Å². The number of likely N-dealkylation sites (N-methyl/N-ethyl adjacent to an activating group) is 1. The van der Waals surface area contributed by atoms with Crippen molar-refractivity contribution in [3.63, 3.8) is 0 Å². The van der Waals surface area contributed by atoms with Crippen LogP contribution >= 0.6 is 27.3 Å². The fourth-order valence-corrected chi connectivity index (χ4v) is 3.47. The van der Waals surface area contributed by atoms with Crippen LogP contribution in [0.2, 0.25) is 0 Å². The molecular formula is C18H17BrN2O3S. The van der Waals surface area contributed by atoms with Gasteiger partial charge in [0.1, 0.15) is 18.9 Å². The summed E-state index contributed by atoms with van der Waals surface area (Å²) >= 11 is 4.77. The third-order valence-corrected chi connectivity index (χ3v) is 5.27. The van der Waals surface area contributed by atoms with E-state index in [0.29, 0.717) is 17.9 Å². The van der Waals surface area contributed by atoms with Crippen molar-refractivity contribution >= 4 is 43.4 Å². The number of aromatic nitrogens is 1. The molecular weight excluding hydrogens is 404 g/mol. The Morgan fingerprint density at radius 2 is 2.00 bits per heavy atom. The number of fused-ring (bicyclic) bond motifs is 1. The Balaban J connectivity index is 1.57. The Kier molecular flexibility index (Phi) is 5.55. The second-order valence-corrected chi connectivity index (χ2v) is 7.39. The first-order valence-corrected chi connectivity index (χ1v) is 9.41. The van der Waals surface area contributed by atoms with Gasteiger partial charge in [0.05, 0.1) is 16.8 Å². The van der Waals surface area contributed by atoms with Crippen LogP contribution in [0.4, 0.5) is 0 Å². The first-order valence-electron chi connectivity index (χ1n) is 7.73. The van der Waals surface area contributed by atoms with E-state index < -0.39 is 0 Å². The van der Waals surface area contributed by atoms with Gasteiger partial charge in [-0.15, -0.1) is 11.3 Å². The maximum Gasteiger partial charge on any atom is 0.242 e. The number of rotatable bonds is 6. The van der Waals surface area contributed by atoms with E-state index in [1.54, 1.807) is 18.1 Å². The van der Waals surface area contributed by atoms with Crippen LogP contribution in [0.3, 0.4) is 0 Å². The molecule has 2 heterocycles. The maximum atomic E-state index is 12.4. The number of hydrogen-bond donors (Lipinski definition) is 0. The van der Waals surface area contributed by atoms with Gasteiger partial charge in [-0.25, -0.2) is 0 Å². The van der Waals surface area contributed by atoms with Gasteiger partial charge in [-0.1, -0.05) is 15.9 Å². The monoisotopic (exact) mass is 420 g/mol. The number of pyridine rings is 1. The third kappa shape index (κ3) is 4.29. The van der Waals surface area contributed by atoms with E-state index in [0.717, 1.165) is 15.7 Å². The Morgan fingerprint density at radius 1 is 1.24 bits per heavy atom. The summed E-state index contributed by atoms with van der Waals surface area (Å²) in [6, 6.07) is 10.9. The second-order valence-electron chi connectivity index (χ2n) is 5.56. The van der Waals surface area contributed by atoms with E-state index in [-0.39, 0.29) is 17.9 Å². The van der Waals surface area contributed by atoms with Gasteiger partial charge in [-0.05, 0) is 35.7 Å². The lowest BCUT2D eigenvalue weighted by Crippen LogP contribution is -2.33. The van der Waals surface area contributed by atoms with Gasteiger partial charge in [0, 0.05) is 23.8 Å². The summed E-state index contributed by atoms with van der Waals surface area (Å²) in [5, 5.41) is 1.86. The summed E-state index contributed by atoms with van der Waals surface area (Å²) in [6.45, 7) is 1.10. The molecule has 3 rings (SSSR count). The van der Waals surface area contributed by atoms with Crippen LogP contribution in [-0.2, 0) is 11.3 Å². The molecule has 0 aliphatic carbocycles. The number of halogens is 1. The van der Waals surface area contributed by atoms with Gasteiger partial charge in [-0.2, -0.15) is 0 Å². The zero-order chi connectivity index (χ0) is 17.8. The molecule has 0 saturated heterocycles. The van der Waals surface area contributed by atoms with Gasteiger partial charge >= 0.3 is 0 Å². The van der Waals surface area contributed by atoms with Crippen molar-refractivity contribution in [1.29, 1.82) is 0 Å². The predicted molar refractivity (Wildman–Crippen MR) is 103 cm³/mol. The highest BCUT2D eigenvalue weighted by Gasteiger charge is 2.12. The third-order valence-electron chi connectivity index (χ3n) is 3.82. The number of carbonyl (C=O) groups excluding carboxylic acids is 1. The lowest BCUT2D eigenvalue weighted by molar-refractivity contribution is -0.130. The zero-order valence-corrected chi connectivity index (χ0v) is 16.0. The topological polar surface area (TPSA) is 51.5 Å². The molecule has 0 unspecified atom stereocenters. The molecule has 0 saturated carbocycles. The number of ether oxygens (including phenoxy) is 1. The molecule has 130 valence electrons. The summed E-state index contributed by atoms with van der Waals surface area (Å²) in [5.74, 6) is 0.736. The minimum atomic E-state index is -0.0319. The quantitative estimate of drug-likeness (QED) is 0.614. The minimum Gasteiger partial charge on any atom is -0.492 e. The SMILES string of the molecule is CN(CCOc1ccc(Br)cc1)C(=O)Cn1ccc(=O)c2sccc21. The summed E-state index contributed by atoms with van der Waals surface area (Å²) in [4.78, 5) is 25.8. The molecule has 1 amide bonds. The summed E-state index contributed by atoms with van der Waals surface area (Å²) < 4.78 is 9.12. The number of benzene rings is 1. The molecule has 0 N–H and O–H groups in total. The van der Waals surface area contributed by atoms with E-state index in [4.69, 9.17) is 4.74 Å². The van der Waals surface area contributed by atoms with Crippen LogP contribution in [0.15, 0.2) is 57.2 Å². The maximum absolute atomic E-state index is 12.4. The fraction of sp³-hybridized carbons (Fsp3) is 0.222. The summed E-state index contributed by atoms with van der Waals surface area (Å²) in [7, 11) is 1.75. The normalized spacial score (nSPS) is 10.8. The highest BCUT2D eigenvalue weighted by Crippen LogP contribution is 2.17. The molecule has 0 atom stereocenters. The second kappa shape index (κ2) is 7.84.